The topological polar surface area (TPSA) is 41.5 Å². The molecule has 1 aliphatic carbocycles. The second-order valence-corrected chi connectivity index (χ2v) is 6.87. The minimum atomic E-state index is -0.0606. The van der Waals surface area contributed by atoms with Crippen molar-refractivity contribution in [1.29, 1.82) is 0 Å². The lowest BCUT2D eigenvalue weighted by atomic mass is 9.78. The Morgan fingerprint density at radius 2 is 2.00 bits per heavy atom. The zero-order valence-electron chi connectivity index (χ0n) is 13.9. The SMILES string of the molecule is Cc1ccc(NC(=O)C2=NCC3=C2CC(C)CC3C)cc1C. The van der Waals surface area contributed by atoms with Crippen LogP contribution in [0.15, 0.2) is 34.3 Å². The van der Waals surface area contributed by atoms with Crippen molar-refractivity contribution in [3.05, 3.63) is 40.5 Å². The number of carbonyl (C=O) groups is 1. The number of hydrogen-bond acceptors (Lipinski definition) is 2. The quantitative estimate of drug-likeness (QED) is 0.878. The predicted octanol–water partition coefficient (Wildman–Crippen LogP) is 4.06. The molecule has 0 spiro atoms. The highest BCUT2D eigenvalue weighted by Gasteiger charge is 2.32. The van der Waals surface area contributed by atoms with E-state index in [0.29, 0.717) is 24.1 Å². The number of carbonyl (C=O) groups excluding carboxylic acids is 1. The average molecular weight is 296 g/mol. The standard InChI is InChI=1S/C19H24N2O/c1-11-7-14(4)17-10-20-18(16(17)8-11)19(22)21-15-6-5-12(2)13(3)9-15/h5-6,9,11,14H,7-8,10H2,1-4H3,(H,21,22). The van der Waals surface area contributed by atoms with Crippen molar-refractivity contribution in [1.82, 2.24) is 0 Å². The summed E-state index contributed by atoms with van der Waals surface area (Å²) in [5.41, 5.74) is 6.51. The number of amides is 1. The largest absolute Gasteiger partial charge is 0.321 e. The number of nitrogens with one attached hydrogen (secondary N) is 1. The van der Waals surface area contributed by atoms with E-state index < -0.39 is 0 Å². The molecule has 2 unspecified atom stereocenters. The summed E-state index contributed by atoms with van der Waals surface area (Å²) in [4.78, 5) is 17.1. The lowest BCUT2D eigenvalue weighted by Crippen LogP contribution is -2.26. The van der Waals surface area contributed by atoms with Gasteiger partial charge < -0.3 is 5.32 Å². The van der Waals surface area contributed by atoms with Gasteiger partial charge in [-0.3, -0.25) is 9.79 Å². The van der Waals surface area contributed by atoms with Gasteiger partial charge in [0.25, 0.3) is 5.91 Å². The van der Waals surface area contributed by atoms with Crippen LogP contribution in [-0.2, 0) is 4.79 Å². The summed E-state index contributed by atoms with van der Waals surface area (Å²) >= 11 is 0. The maximum Gasteiger partial charge on any atom is 0.274 e. The number of aryl methyl sites for hydroxylation is 2. The first-order chi connectivity index (χ1) is 10.5. The van der Waals surface area contributed by atoms with Crippen LogP contribution in [0.3, 0.4) is 0 Å². The minimum absolute atomic E-state index is 0.0606. The van der Waals surface area contributed by atoms with Gasteiger partial charge in [0.2, 0.25) is 0 Å². The van der Waals surface area contributed by atoms with E-state index in [9.17, 15) is 4.79 Å². The van der Waals surface area contributed by atoms with Gasteiger partial charge in [0.05, 0.1) is 6.54 Å². The fourth-order valence-corrected chi connectivity index (χ4v) is 3.58. The molecule has 0 bridgehead atoms. The van der Waals surface area contributed by atoms with Crippen LogP contribution in [0.5, 0.6) is 0 Å². The zero-order valence-corrected chi connectivity index (χ0v) is 13.9. The first-order valence-corrected chi connectivity index (χ1v) is 8.11. The number of nitrogens with zero attached hydrogens (tertiary/aromatic N) is 1. The van der Waals surface area contributed by atoms with Crippen molar-refractivity contribution in [3.8, 4) is 0 Å². The van der Waals surface area contributed by atoms with Gasteiger partial charge in [0.1, 0.15) is 5.71 Å². The molecule has 22 heavy (non-hydrogen) atoms. The number of anilines is 1. The molecule has 1 heterocycles. The van der Waals surface area contributed by atoms with E-state index in [0.717, 1.165) is 12.1 Å². The summed E-state index contributed by atoms with van der Waals surface area (Å²) in [5.74, 6) is 1.12. The molecule has 2 atom stereocenters. The number of hydrogen-bond donors (Lipinski definition) is 1. The van der Waals surface area contributed by atoms with Crippen LogP contribution in [0.2, 0.25) is 0 Å². The van der Waals surface area contributed by atoms with Gasteiger partial charge in [-0.05, 0) is 72.9 Å². The van der Waals surface area contributed by atoms with E-state index in [-0.39, 0.29) is 5.91 Å². The summed E-state index contributed by atoms with van der Waals surface area (Å²) in [6.45, 7) is 9.36. The predicted molar refractivity (Wildman–Crippen MR) is 91.4 cm³/mol. The minimum Gasteiger partial charge on any atom is -0.321 e. The van der Waals surface area contributed by atoms with Gasteiger partial charge in [-0.1, -0.05) is 19.9 Å². The fourth-order valence-electron chi connectivity index (χ4n) is 3.58. The van der Waals surface area contributed by atoms with Crippen molar-refractivity contribution in [3.63, 3.8) is 0 Å². The molecule has 1 aromatic carbocycles. The van der Waals surface area contributed by atoms with Crippen molar-refractivity contribution >= 4 is 17.3 Å². The molecule has 1 aliphatic heterocycles. The number of rotatable bonds is 2. The Morgan fingerprint density at radius 3 is 2.73 bits per heavy atom. The van der Waals surface area contributed by atoms with Crippen LogP contribution >= 0.6 is 0 Å². The molecule has 3 rings (SSSR count). The second-order valence-electron chi connectivity index (χ2n) is 6.87. The Hall–Kier alpha value is -1.90. The summed E-state index contributed by atoms with van der Waals surface area (Å²) in [6.07, 6.45) is 2.19. The second kappa shape index (κ2) is 5.71. The van der Waals surface area contributed by atoms with Gasteiger partial charge in [-0.25, -0.2) is 0 Å². The van der Waals surface area contributed by atoms with Crippen molar-refractivity contribution in [2.75, 3.05) is 11.9 Å². The van der Waals surface area contributed by atoms with Gasteiger partial charge >= 0.3 is 0 Å². The summed E-state index contributed by atoms with van der Waals surface area (Å²) in [5, 5.41) is 3.01. The number of benzene rings is 1. The van der Waals surface area contributed by atoms with Crippen molar-refractivity contribution < 1.29 is 4.79 Å². The fraction of sp³-hybridized carbons (Fsp3) is 0.474. The molecular weight excluding hydrogens is 272 g/mol. The van der Waals surface area contributed by atoms with E-state index >= 15 is 0 Å². The van der Waals surface area contributed by atoms with E-state index in [4.69, 9.17) is 0 Å². The van der Waals surface area contributed by atoms with Crippen LogP contribution in [0.25, 0.3) is 0 Å². The molecule has 0 aromatic heterocycles. The average Bonchev–Trinajstić information content (AvgIpc) is 2.87. The Morgan fingerprint density at radius 1 is 1.23 bits per heavy atom. The van der Waals surface area contributed by atoms with E-state index in [1.165, 1.54) is 28.7 Å². The zero-order chi connectivity index (χ0) is 15.9. The highest BCUT2D eigenvalue weighted by atomic mass is 16.1. The maximum absolute atomic E-state index is 12.6. The first kappa shape index (κ1) is 15.0. The van der Waals surface area contributed by atoms with Crippen LogP contribution in [0.1, 0.15) is 37.8 Å². The third-order valence-corrected chi connectivity index (χ3v) is 4.96. The van der Waals surface area contributed by atoms with Crippen molar-refractivity contribution in [2.24, 2.45) is 16.8 Å². The third-order valence-electron chi connectivity index (χ3n) is 4.96. The maximum atomic E-state index is 12.6. The molecule has 0 radical (unpaired) electrons. The van der Waals surface area contributed by atoms with Crippen LogP contribution in [0, 0.1) is 25.7 Å². The molecule has 1 amide bonds. The van der Waals surface area contributed by atoms with Crippen LogP contribution in [0.4, 0.5) is 5.69 Å². The summed E-state index contributed by atoms with van der Waals surface area (Å²) < 4.78 is 0. The van der Waals surface area contributed by atoms with Crippen LogP contribution < -0.4 is 5.32 Å². The Balaban J connectivity index is 1.79. The molecule has 3 nitrogen and oxygen atoms in total. The molecule has 116 valence electrons. The Bertz CT molecular complexity index is 685. The molecular formula is C19H24N2O. The van der Waals surface area contributed by atoms with E-state index in [1.54, 1.807) is 0 Å². The summed E-state index contributed by atoms with van der Waals surface area (Å²) in [6, 6.07) is 6.01. The lowest BCUT2D eigenvalue weighted by Gasteiger charge is -2.26. The van der Waals surface area contributed by atoms with Gasteiger partial charge in [0, 0.05) is 5.69 Å². The van der Waals surface area contributed by atoms with Crippen molar-refractivity contribution in [2.45, 2.75) is 40.5 Å². The third kappa shape index (κ3) is 2.72. The summed E-state index contributed by atoms with van der Waals surface area (Å²) in [7, 11) is 0. The Labute approximate surface area is 132 Å². The molecule has 3 heteroatoms. The molecule has 2 aliphatic rings. The monoisotopic (exact) mass is 296 g/mol. The molecule has 0 saturated carbocycles. The highest BCUT2D eigenvalue weighted by Crippen LogP contribution is 2.37. The van der Waals surface area contributed by atoms with Crippen LogP contribution in [-0.4, -0.2) is 18.2 Å². The highest BCUT2D eigenvalue weighted by molar-refractivity contribution is 6.49. The number of aliphatic imine (C=N–C) groups is 1. The van der Waals surface area contributed by atoms with Gasteiger partial charge in [-0.2, -0.15) is 0 Å². The van der Waals surface area contributed by atoms with E-state index in [1.807, 2.05) is 18.2 Å². The lowest BCUT2D eigenvalue weighted by molar-refractivity contribution is -0.110. The van der Waals surface area contributed by atoms with E-state index in [2.05, 4.69) is 38.0 Å². The van der Waals surface area contributed by atoms with Gasteiger partial charge in [-0.15, -0.1) is 0 Å². The molecule has 0 saturated heterocycles. The first-order valence-electron chi connectivity index (χ1n) is 8.11. The molecule has 1 aromatic rings. The smallest absolute Gasteiger partial charge is 0.274 e. The molecule has 1 N–H and O–H groups in total. The normalized spacial score (nSPS) is 24.1. The van der Waals surface area contributed by atoms with Gasteiger partial charge in [0.15, 0.2) is 0 Å². The Kier molecular flexibility index (Phi) is 3.90. The molecule has 0 fully saturated rings.